The van der Waals surface area contributed by atoms with Crippen molar-refractivity contribution in [2.24, 2.45) is 9.98 Å². The van der Waals surface area contributed by atoms with Gasteiger partial charge in [0.1, 0.15) is 10.7 Å². The molecular formula is C34H17F3N4S. The molecule has 7 aromatic rings. The number of thiophene rings is 1. The number of nitrogens with zero attached hydrogens (tertiary/aromatic N) is 4. The van der Waals surface area contributed by atoms with Crippen LogP contribution >= 0.6 is 11.3 Å². The fourth-order valence-corrected chi connectivity index (χ4v) is 7.06. The summed E-state index contributed by atoms with van der Waals surface area (Å²) in [5.74, 6) is 0. The van der Waals surface area contributed by atoms with Crippen LogP contribution in [-0.4, -0.2) is 0 Å². The van der Waals surface area contributed by atoms with E-state index in [1.165, 1.54) is 29.0 Å². The van der Waals surface area contributed by atoms with Crippen molar-refractivity contribution >= 4 is 53.1 Å². The van der Waals surface area contributed by atoms with Crippen molar-refractivity contribution in [1.29, 1.82) is 10.5 Å². The van der Waals surface area contributed by atoms with E-state index in [1.54, 1.807) is 0 Å². The van der Waals surface area contributed by atoms with Gasteiger partial charge in [-0.3, -0.25) is 0 Å². The van der Waals surface area contributed by atoms with Gasteiger partial charge in [0.2, 0.25) is 12.4 Å². The van der Waals surface area contributed by atoms with Gasteiger partial charge in [-0.25, -0.2) is 0 Å². The highest BCUT2D eigenvalue weighted by atomic mass is 32.1. The van der Waals surface area contributed by atoms with E-state index >= 15 is 0 Å². The molecule has 0 saturated heterocycles. The molecule has 0 unspecified atom stereocenters. The first-order valence-corrected chi connectivity index (χ1v) is 13.8. The van der Waals surface area contributed by atoms with E-state index in [1.807, 2.05) is 43.6 Å². The number of fused-ring (bicyclic) bond motifs is 7. The monoisotopic (exact) mass is 570 g/mol. The molecule has 200 valence electrons. The molecule has 0 saturated carbocycles. The predicted molar refractivity (Wildman–Crippen MR) is 160 cm³/mol. The maximum absolute atomic E-state index is 13.1. The van der Waals surface area contributed by atoms with E-state index in [2.05, 4.69) is 46.4 Å². The largest absolute Gasteiger partial charge is 0.416 e. The topological polar surface area (TPSA) is 72.3 Å². The Balaban J connectivity index is 1.51. The minimum atomic E-state index is -4.41. The summed E-state index contributed by atoms with van der Waals surface area (Å²) in [6.07, 6.45) is -0.544. The summed E-state index contributed by atoms with van der Waals surface area (Å²) >= 11 is 1.44. The van der Waals surface area contributed by atoms with E-state index in [0.717, 1.165) is 70.5 Å². The van der Waals surface area contributed by atoms with Gasteiger partial charge in [0, 0.05) is 21.5 Å². The molecular weight excluding hydrogens is 553 g/mol. The molecule has 0 amide bonds. The van der Waals surface area contributed by atoms with E-state index in [-0.39, 0.29) is 0 Å². The molecule has 7 rings (SSSR count). The van der Waals surface area contributed by atoms with Gasteiger partial charge in [-0.2, -0.15) is 33.7 Å². The Morgan fingerprint density at radius 1 is 0.595 bits per heavy atom. The molecule has 0 fully saturated rings. The van der Waals surface area contributed by atoms with Crippen molar-refractivity contribution in [2.45, 2.75) is 13.1 Å². The molecule has 0 radical (unpaired) electrons. The Morgan fingerprint density at radius 2 is 1.02 bits per heavy atom. The summed E-state index contributed by atoms with van der Waals surface area (Å²) in [5.41, 5.74) is 3.87. The first-order chi connectivity index (χ1) is 20.3. The van der Waals surface area contributed by atoms with Crippen LogP contribution < -0.4 is 10.7 Å². The molecule has 0 aliphatic heterocycles. The average molecular weight is 571 g/mol. The van der Waals surface area contributed by atoms with Crippen LogP contribution in [0.3, 0.4) is 0 Å². The van der Waals surface area contributed by atoms with Crippen molar-refractivity contribution in [3.8, 4) is 34.6 Å². The highest BCUT2D eigenvalue weighted by Crippen LogP contribution is 2.42. The maximum Gasteiger partial charge on any atom is 0.416 e. The van der Waals surface area contributed by atoms with Crippen LogP contribution in [0.4, 0.5) is 13.2 Å². The zero-order chi connectivity index (χ0) is 29.2. The van der Waals surface area contributed by atoms with Crippen LogP contribution in [0.25, 0.3) is 64.0 Å². The van der Waals surface area contributed by atoms with Crippen LogP contribution in [-0.2, 0) is 6.18 Å². The van der Waals surface area contributed by atoms with Gasteiger partial charge in [0.15, 0.2) is 0 Å². The van der Waals surface area contributed by atoms with Crippen LogP contribution in [0.15, 0.2) is 94.9 Å². The number of halogens is 3. The molecule has 0 aliphatic rings. The van der Waals surface area contributed by atoms with Gasteiger partial charge in [0.05, 0.1) is 15.0 Å². The summed E-state index contributed by atoms with van der Waals surface area (Å²) in [6.45, 7) is 2.04. The van der Waals surface area contributed by atoms with Crippen molar-refractivity contribution in [3.05, 3.63) is 107 Å². The Morgan fingerprint density at radius 3 is 1.45 bits per heavy atom. The van der Waals surface area contributed by atoms with Gasteiger partial charge in [-0.05, 0) is 64.2 Å². The first kappa shape index (κ1) is 25.6. The normalized spacial score (nSPS) is 13.0. The van der Waals surface area contributed by atoms with E-state index < -0.39 is 11.7 Å². The second kappa shape index (κ2) is 9.37. The summed E-state index contributed by atoms with van der Waals surface area (Å²) in [5, 5.41) is 25.5. The average Bonchev–Trinajstić information content (AvgIpc) is 3.60. The minimum Gasteiger partial charge on any atom is -0.172 e. The third-order valence-electron chi connectivity index (χ3n) is 7.68. The smallest absolute Gasteiger partial charge is 0.172 e. The number of benzene rings is 4. The summed E-state index contributed by atoms with van der Waals surface area (Å²) in [4.78, 5) is 8.39. The Labute approximate surface area is 240 Å². The lowest BCUT2D eigenvalue weighted by molar-refractivity contribution is -0.137. The molecule has 0 N–H and O–H groups in total. The Kier molecular flexibility index (Phi) is 5.72. The summed E-state index contributed by atoms with van der Waals surface area (Å²) in [6, 6.07) is 25.1. The van der Waals surface area contributed by atoms with Crippen molar-refractivity contribution < 1.29 is 13.2 Å². The van der Waals surface area contributed by atoms with Crippen LogP contribution in [0.2, 0.25) is 0 Å². The standard InChI is InChI=1S/C34H17F3N4S/c1-18-2-4-19(5-3-18)21-8-12-24-26(14-21)30(40-16-38)32-28(24)29-25-13-9-22(15-27(25)31(41-17-39)33(29)42-32)20-6-10-23(11-7-20)34(35,36)37/h2-15H,1H3/b40-30-,41-31+. The summed E-state index contributed by atoms with van der Waals surface area (Å²) in [7, 11) is 0. The molecule has 8 heteroatoms. The van der Waals surface area contributed by atoms with Crippen molar-refractivity contribution in [2.75, 3.05) is 0 Å². The predicted octanol–water partition coefficient (Wildman–Crippen LogP) is 8.66. The van der Waals surface area contributed by atoms with Crippen LogP contribution in [0.1, 0.15) is 11.1 Å². The van der Waals surface area contributed by atoms with Crippen LogP contribution in [0.5, 0.6) is 0 Å². The van der Waals surface area contributed by atoms with E-state index in [0.29, 0.717) is 16.3 Å². The molecule has 0 atom stereocenters. The van der Waals surface area contributed by atoms with E-state index in [9.17, 15) is 23.7 Å². The zero-order valence-electron chi connectivity index (χ0n) is 21.9. The minimum absolute atomic E-state index is 0.504. The maximum atomic E-state index is 13.1. The van der Waals surface area contributed by atoms with Crippen molar-refractivity contribution in [1.82, 2.24) is 0 Å². The highest BCUT2D eigenvalue weighted by Gasteiger charge is 2.30. The number of nitriles is 2. The SMILES string of the molecule is Cc1ccc(-c2ccc3c(c2)/c(=N/C#N)c2sc4/c(=N/C#N)c5cc(-c6ccc(C(F)(F)F)cc6)ccc5c4c23)cc1. The molecule has 6 aromatic carbocycles. The van der Waals surface area contributed by atoms with Gasteiger partial charge < -0.3 is 0 Å². The Bertz CT molecular complexity index is 2410. The number of alkyl halides is 3. The van der Waals surface area contributed by atoms with Crippen molar-refractivity contribution in [3.63, 3.8) is 0 Å². The molecule has 0 bridgehead atoms. The summed E-state index contributed by atoms with van der Waals surface area (Å²) < 4.78 is 40.9. The first-order valence-electron chi connectivity index (χ1n) is 12.9. The lowest BCUT2D eigenvalue weighted by Crippen LogP contribution is -2.04. The quantitative estimate of drug-likeness (QED) is 0.195. The van der Waals surface area contributed by atoms with Gasteiger partial charge >= 0.3 is 6.18 Å². The fraction of sp³-hybridized carbons (Fsp3) is 0.0588. The number of rotatable bonds is 2. The van der Waals surface area contributed by atoms with E-state index in [4.69, 9.17) is 0 Å². The van der Waals surface area contributed by atoms with Gasteiger partial charge in [-0.15, -0.1) is 11.3 Å². The lowest BCUT2D eigenvalue weighted by Gasteiger charge is -2.08. The molecule has 4 nitrogen and oxygen atoms in total. The highest BCUT2D eigenvalue weighted by molar-refractivity contribution is 7.26. The molecule has 1 aromatic heterocycles. The molecule has 1 heterocycles. The third-order valence-corrected chi connectivity index (χ3v) is 8.88. The van der Waals surface area contributed by atoms with Gasteiger partial charge in [0.25, 0.3) is 0 Å². The lowest BCUT2D eigenvalue weighted by atomic mass is 10.00. The molecule has 42 heavy (non-hydrogen) atoms. The fourth-order valence-electron chi connectivity index (χ4n) is 5.72. The zero-order valence-corrected chi connectivity index (χ0v) is 22.7. The number of hydrogen-bond acceptors (Lipinski definition) is 5. The molecule has 0 aliphatic carbocycles. The van der Waals surface area contributed by atoms with Crippen LogP contribution in [0, 0.1) is 29.8 Å². The second-order valence-electron chi connectivity index (χ2n) is 10.1. The number of hydrogen-bond donors (Lipinski definition) is 0. The molecule has 0 spiro atoms. The number of aryl methyl sites for hydroxylation is 1. The Hall–Kier alpha value is -5.31. The third kappa shape index (κ3) is 3.88. The second-order valence-corrected chi connectivity index (χ2v) is 11.1. The van der Waals surface area contributed by atoms with Gasteiger partial charge in [-0.1, -0.05) is 66.2 Å².